The monoisotopic (exact) mass is 326 g/mol. The molecular weight excluding hydrogens is 303 g/mol. The Kier molecular flexibility index (Phi) is 5.14. The maximum Gasteiger partial charge on any atom is 0.0609 e. The summed E-state index contributed by atoms with van der Waals surface area (Å²) >= 11 is 12.2. The fourth-order valence-corrected chi connectivity index (χ4v) is 4.82. The van der Waals surface area contributed by atoms with Crippen LogP contribution in [0.4, 0.5) is 0 Å². The number of aliphatic hydroxyl groups excluding tert-OH is 1. The number of halogens is 2. The molecule has 1 N–H and O–H groups in total. The summed E-state index contributed by atoms with van der Waals surface area (Å²) in [4.78, 5) is 0. The Morgan fingerprint density at radius 3 is 2.57 bits per heavy atom. The predicted octanol–water partition coefficient (Wildman–Crippen LogP) is 5.50. The fraction of sp³-hybridized carbons (Fsp3) is 0.667. The zero-order valence-corrected chi connectivity index (χ0v) is 13.9. The molecule has 0 spiro atoms. The lowest BCUT2D eigenvalue weighted by atomic mass is 9.66. The molecule has 4 atom stereocenters. The molecule has 2 fully saturated rings. The molecule has 0 radical (unpaired) electrons. The number of benzene rings is 1. The van der Waals surface area contributed by atoms with Gasteiger partial charge in [-0.1, -0.05) is 55.0 Å². The number of hydrogen-bond acceptors (Lipinski definition) is 1. The van der Waals surface area contributed by atoms with Crippen molar-refractivity contribution in [1.29, 1.82) is 0 Å². The molecule has 1 aromatic rings. The summed E-state index contributed by atoms with van der Waals surface area (Å²) in [5.74, 6) is 2.23. The maximum absolute atomic E-state index is 10.6. The minimum absolute atomic E-state index is 0.272. The molecule has 116 valence electrons. The summed E-state index contributed by atoms with van der Waals surface area (Å²) in [6.07, 6.45) is 9.64. The van der Waals surface area contributed by atoms with Crippen LogP contribution in [0.15, 0.2) is 18.2 Å². The van der Waals surface area contributed by atoms with Gasteiger partial charge < -0.3 is 5.11 Å². The van der Waals surface area contributed by atoms with Crippen LogP contribution in [0.3, 0.4) is 0 Å². The molecule has 2 aliphatic rings. The molecule has 0 aromatic heterocycles. The quantitative estimate of drug-likeness (QED) is 0.777. The van der Waals surface area contributed by atoms with Crippen molar-refractivity contribution in [3.05, 3.63) is 33.8 Å². The van der Waals surface area contributed by atoms with Gasteiger partial charge in [0.05, 0.1) is 6.10 Å². The average Bonchev–Trinajstić information content (AvgIpc) is 2.49. The van der Waals surface area contributed by atoms with Crippen molar-refractivity contribution in [2.75, 3.05) is 0 Å². The van der Waals surface area contributed by atoms with Crippen molar-refractivity contribution >= 4 is 23.2 Å². The average molecular weight is 327 g/mol. The second-order valence-electron chi connectivity index (χ2n) is 6.88. The van der Waals surface area contributed by atoms with Gasteiger partial charge in [-0.25, -0.2) is 0 Å². The van der Waals surface area contributed by atoms with E-state index in [1.165, 1.54) is 44.9 Å². The van der Waals surface area contributed by atoms with E-state index in [1.807, 2.05) is 12.1 Å². The van der Waals surface area contributed by atoms with Gasteiger partial charge in [-0.15, -0.1) is 0 Å². The van der Waals surface area contributed by atoms with Crippen LogP contribution >= 0.6 is 23.2 Å². The first-order chi connectivity index (χ1) is 10.1. The lowest BCUT2D eigenvalue weighted by molar-refractivity contribution is 0.0361. The number of aliphatic hydroxyl groups is 1. The second kappa shape index (κ2) is 6.89. The molecule has 3 rings (SSSR count). The molecule has 0 saturated heterocycles. The van der Waals surface area contributed by atoms with Gasteiger partial charge in [0.25, 0.3) is 0 Å². The number of fused-ring (bicyclic) bond motifs is 1. The predicted molar refractivity (Wildman–Crippen MR) is 89.0 cm³/mol. The first-order valence-corrected chi connectivity index (χ1v) is 9.01. The van der Waals surface area contributed by atoms with Crippen LogP contribution in [-0.4, -0.2) is 11.2 Å². The van der Waals surface area contributed by atoms with Crippen molar-refractivity contribution in [2.45, 2.75) is 57.5 Å². The molecule has 2 aliphatic carbocycles. The topological polar surface area (TPSA) is 20.2 Å². The van der Waals surface area contributed by atoms with Crippen molar-refractivity contribution < 1.29 is 5.11 Å². The van der Waals surface area contributed by atoms with Gasteiger partial charge in [0.15, 0.2) is 0 Å². The fourth-order valence-electron chi connectivity index (χ4n) is 4.34. The molecule has 0 aliphatic heterocycles. The highest BCUT2D eigenvalue weighted by Crippen LogP contribution is 2.44. The zero-order valence-electron chi connectivity index (χ0n) is 12.4. The molecule has 1 aromatic carbocycles. The van der Waals surface area contributed by atoms with Gasteiger partial charge in [-0.2, -0.15) is 0 Å². The molecule has 0 bridgehead atoms. The van der Waals surface area contributed by atoms with Gasteiger partial charge in [-0.05, 0) is 54.7 Å². The number of rotatable bonds is 3. The van der Waals surface area contributed by atoms with Gasteiger partial charge in [-0.3, -0.25) is 0 Å². The van der Waals surface area contributed by atoms with E-state index in [4.69, 9.17) is 23.2 Å². The van der Waals surface area contributed by atoms with Gasteiger partial charge in [0.2, 0.25) is 0 Å². The van der Waals surface area contributed by atoms with E-state index in [9.17, 15) is 5.11 Å². The standard InChI is InChI=1S/C18H24Cl2O/c19-16-8-7-14(17(20)11-16)10-18(21)15-6-5-12-3-1-2-4-13(12)9-15/h7-8,11-13,15,18,21H,1-6,9-10H2. The lowest BCUT2D eigenvalue weighted by Crippen LogP contribution is -2.34. The molecule has 3 heteroatoms. The molecular formula is C18H24Cl2O. The highest BCUT2D eigenvalue weighted by atomic mass is 35.5. The maximum atomic E-state index is 10.6. The normalized spacial score (nSPS) is 30.7. The van der Waals surface area contributed by atoms with Gasteiger partial charge in [0.1, 0.15) is 0 Å². The molecule has 21 heavy (non-hydrogen) atoms. The van der Waals surface area contributed by atoms with Gasteiger partial charge >= 0.3 is 0 Å². The van der Waals surface area contributed by atoms with Crippen molar-refractivity contribution in [3.63, 3.8) is 0 Å². The summed E-state index contributed by atoms with van der Waals surface area (Å²) in [5, 5.41) is 11.9. The Labute approximate surface area is 137 Å². The van der Waals surface area contributed by atoms with E-state index in [1.54, 1.807) is 6.07 Å². The van der Waals surface area contributed by atoms with Crippen molar-refractivity contribution in [3.8, 4) is 0 Å². The molecule has 1 nitrogen and oxygen atoms in total. The van der Waals surface area contributed by atoms with E-state index in [-0.39, 0.29) is 6.10 Å². The summed E-state index contributed by atoms with van der Waals surface area (Å²) < 4.78 is 0. The number of hydrogen-bond donors (Lipinski definition) is 1. The van der Waals surface area contributed by atoms with Crippen LogP contribution in [0.1, 0.15) is 50.5 Å². The zero-order chi connectivity index (χ0) is 14.8. The third-order valence-corrected chi connectivity index (χ3v) is 6.16. The Morgan fingerprint density at radius 1 is 1.05 bits per heavy atom. The summed E-state index contributed by atoms with van der Waals surface area (Å²) in [7, 11) is 0. The van der Waals surface area contributed by atoms with E-state index in [0.29, 0.717) is 22.4 Å². The van der Waals surface area contributed by atoms with Crippen LogP contribution in [0.2, 0.25) is 10.0 Å². The first-order valence-electron chi connectivity index (χ1n) is 8.25. The third kappa shape index (κ3) is 3.75. The first kappa shape index (κ1) is 15.6. The smallest absolute Gasteiger partial charge is 0.0609 e. The van der Waals surface area contributed by atoms with E-state index in [2.05, 4.69) is 0 Å². The third-order valence-electron chi connectivity index (χ3n) is 5.57. The van der Waals surface area contributed by atoms with Crippen LogP contribution in [0.5, 0.6) is 0 Å². The van der Waals surface area contributed by atoms with Crippen LogP contribution in [-0.2, 0) is 6.42 Å². The SMILES string of the molecule is OC(Cc1ccc(Cl)cc1Cl)C1CCC2CCCCC2C1. The summed E-state index contributed by atoms with van der Waals surface area (Å²) in [5.41, 5.74) is 1.01. The highest BCUT2D eigenvalue weighted by molar-refractivity contribution is 6.35. The molecule has 4 unspecified atom stereocenters. The van der Waals surface area contributed by atoms with Crippen molar-refractivity contribution in [1.82, 2.24) is 0 Å². The van der Waals surface area contributed by atoms with Crippen LogP contribution < -0.4 is 0 Å². The molecule has 0 heterocycles. The Balaban J connectivity index is 1.61. The van der Waals surface area contributed by atoms with E-state index in [0.717, 1.165) is 17.4 Å². The van der Waals surface area contributed by atoms with Crippen molar-refractivity contribution in [2.24, 2.45) is 17.8 Å². The minimum Gasteiger partial charge on any atom is -0.392 e. The molecule has 2 saturated carbocycles. The largest absolute Gasteiger partial charge is 0.392 e. The summed E-state index contributed by atoms with van der Waals surface area (Å²) in [6.45, 7) is 0. The van der Waals surface area contributed by atoms with Crippen LogP contribution in [0.25, 0.3) is 0 Å². The lowest BCUT2D eigenvalue weighted by Gasteiger charge is -2.40. The molecule has 0 amide bonds. The highest BCUT2D eigenvalue weighted by Gasteiger charge is 2.34. The Morgan fingerprint density at radius 2 is 1.81 bits per heavy atom. The second-order valence-corrected chi connectivity index (χ2v) is 7.73. The van der Waals surface area contributed by atoms with Crippen LogP contribution in [0, 0.1) is 17.8 Å². The Hall–Kier alpha value is -0.240. The van der Waals surface area contributed by atoms with Gasteiger partial charge in [0, 0.05) is 16.5 Å². The van der Waals surface area contributed by atoms with E-state index < -0.39 is 0 Å². The summed E-state index contributed by atoms with van der Waals surface area (Å²) in [6, 6.07) is 5.57. The Bertz CT molecular complexity index is 488. The minimum atomic E-state index is -0.272. The van der Waals surface area contributed by atoms with E-state index >= 15 is 0 Å².